The van der Waals surface area contributed by atoms with Gasteiger partial charge in [-0.05, 0) is 62.1 Å². The predicted octanol–water partition coefficient (Wildman–Crippen LogP) is 4.04. The van der Waals surface area contributed by atoms with Crippen molar-refractivity contribution in [2.45, 2.75) is 43.7 Å². The maximum absolute atomic E-state index is 12.5. The number of aromatic nitrogens is 2. The van der Waals surface area contributed by atoms with E-state index in [2.05, 4.69) is 22.0 Å². The number of hydrogen-bond acceptors (Lipinski definition) is 5. The van der Waals surface area contributed by atoms with Crippen LogP contribution in [0, 0.1) is 0 Å². The Balaban J connectivity index is 1.57. The summed E-state index contributed by atoms with van der Waals surface area (Å²) in [6.45, 7) is 3.05. The number of benzene rings is 1. The van der Waals surface area contributed by atoms with Gasteiger partial charge in [-0.15, -0.1) is 10.2 Å². The van der Waals surface area contributed by atoms with Crippen LogP contribution in [-0.2, 0) is 4.79 Å². The molecule has 5 nitrogen and oxygen atoms in total. The fourth-order valence-corrected chi connectivity index (χ4v) is 3.98. The Morgan fingerprint density at radius 2 is 2.00 bits per heavy atom. The first kappa shape index (κ1) is 18.7. The monoisotopic (exact) mass is 371 g/mol. The highest BCUT2D eigenvalue weighted by Crippen LogP contribution is 2.24. The van der Waals surface area contributed by atoms with Gasteiger partial charge in [-0.3, -0.25) is 4.79 Å². The zero-order valence-corrected chi connectivity index (χ0v) is 16.2. The minimum atomic E-state index is 0.211. The summed E-state index contributed by atoms with van der Waals surface area (Å²) in [6, 6.07) is 12.0. The standard InChI is InChI=1S/C20H25N3O2S/c1-3-16-6-4-5-13-23(16)20(24)14-26-19-12-11-18(21-22-19)15-7-9-17(25-2)10-8-15/h7-12,16H,3-6,13-14H2,1-2H3/t16-/m0/s1. The molecule has 2 heterocycles. The lowest BCUT2D eigenvalue weighted by atomic mass is 10.0. The van der Waals surface area contributed by atoms with Crippen molar-refractivity contribution in [2.24, 2.45) is 0 Å². The first-order chi connectivity index (χ1) is 12.7. The van der Waals surface area contributed by atoms with E-state index in [1.165, 1.54) is 18.2 Å². The lowest BCUT2D eigenvalue weighted by Crippen LogP contribution is -2.44. The molecule has 3 rings (SSSR count). The van der Waals surface area contributed by atoms with Gasteiger partial charge in [-0.2, -0.15) is 0 Å². The van der Waals surface area contributed by atoms with Gasteiger partial charge in [0.25, 0.3) is 0 Å². The molecule has 6 heteroatoms. The molecule has 1 saturated heterocycles. The lowest BCUT2D eigenvalue weighted by molar-refractivity contribution is -0.132. The SMILES string of the molecule is CC[C@H]1CCCCN1C(=O)CSc1ccc(-c2ccc(OC)cc2)nn1. The maximum Gasteiger partial charge on any atom is 0.233 e. The van der Waals surface area contributed by atoms with Gasteiger partial charge in [0, 0.05) is 18.2 Å². The van der Waals surface area contributed by atoms with Crippen molar-refractivity contribution < 1.29 is 9.53 Å². The van der Waals surface area contributed by atoms with Gasteiger partial charge in [0.15, 0.2) is 0 Å². The van der Waals surface area contributed by atoms with Gasteiger partial charge in [0.2, 0.25) is 5.91 Å². The molecule has 1 fully saturated rings. The van der Waals surface area contributed by atoms with E-state index < -0.39 is 0 Å². The van der Waals surface area contributed by atoms with Crippen molar-refractivity contribution in [3.8, 4) is 17.0 Å². The molecule has 0 N–H and O–H groups in total. The number of likely N-dealkylation sites (tertiary alicyclic amines) is 1. The molecule has 1 amide bonds. The Kier molecular flexibility index (Phi) is 6.50. The zero-order valence-electron chi connectivity index (χ0n) is 15.4. The first-order valence-electron chi connectivity index (χ1n) is 9.11. The van der Waals surface area contributed by atoms with Crippen molar-refractivity contribution in [3.63, 3.8) is 0 Å². The molecule has 0 unspecified atom stereocenters. The molecular formula is C20H25N3O2S. The summed E-state index contributed by atoms with van der Waals surface area (Å²) in [5.41, 5.74) is 1.80. The van der Waals surface area contributed by atoms with Crippen LogP contribution in [0.15, 0.2) is 41.4 Å². The second-order valence-electron chi connectivity index (χ2n) is 6.42. The van der Waals surface area contributed by atoms with Gasteiger partial charge in [-0.25, -0.2) is 0 Å². The van der Waals surface area contributed by atoms with E-state index in [1.807, 2.05) is 36.4 Å². The van der Waals surface area contributed by atoms with Crippen LogP contribution in [0.25, 0.3) is 11.3 Å². The van der Waals surface area contributed by atoms with Crippen LogP contribution in [0.3, 0.4) is 0 Å². The predicted molar refractivity (Wildman–Crippen MR) is 104 cm³/mol. The molecule has 1 aliphatic heterocycles. The molecular weight excluding hydrogens is 346 g/mol. The second kappa shape index (κ2) is 9.03. The fraction of sp³-hybridized carbons (Fsp3) is 0.450. The van der Waals surface area contributed by atoms with Crippen LogP contribution in [-0.4, -0.2) is 46.5 Å². The van der Waals surface area contributed by atoms with E-state index in [9.17, 15) is 4.79 Å². The van der Waals surface area contributed by atoms with Crippen molar-refractivity contribution in [3.05, 3.63) is 36.4 Å². The molecule has 138 valence electrons. The average Bonchev–Trinajstić information content (AvgIpc) is 2.72. The Hall–Kier alpha value is -2.08. The Morgan fingerprint density at radius 3 is 2.65 bits per heavy atom. The van der Waals surface area contributed by atoms with E-state index >= 15 is 0 Å². The summed E-state index contributed by atoms with van der Waals surface area (Å²) in [6.07, 6.45) is 4.51. The van der Waals surface area contributed by atoms with Gasteiger partial charge in [0.05, 0.1) is 18.6 Å². The molecule has 1 atom stereocenters. The van der Waals surface area contributed by atoms with E-state index in [0.717, 1.165) is 47.8 Å². The largest absolute Gasteiger partial charge is 0.497 e. The number of thioether (sulfide) groups is 1. The normalized spacial score (nSPS) is 17.2. The highest BCUT2D eigenvalue weighted by molar-refractivity contribution is 7.99. The van der Waals surface area contributed by atoms with Crippen molar-refractivity contribution >= 4 is 17.7 Å². The molecule has 0 bridgehead atoms. The molecule has 0 saturated carbocycles. The molecule has 0 spiro atoms. The topological polar surface area (TPSA) is 55.3 Å². The second-order valence-corrected chi connectivity index (χ2v) is 7.41. The van der Waals surface area contributed by atoms with E-state index in [-0.39, 0.29) is 5.91 Å². The molecule has 1 aromatic carbocycles. The Morgan fingerprint density at radius 1 is 1.19 bits per heavy atom. The van der Waals surface area contributed by atoms with Crippen LogP contribution in [0.5, 0.6) is 5.75 Å². The van der Waals surface area contributed by atoms with Gasteiger partial charge >= 0.3 is 0 Å². The number of carbonyl (C=O) groups excluding carboxylic acids is 1. The van der Waals surface area contributed by atoms with Crippen LogP contribution in [0.2, 0.25) is 0 Å². The number of carbonyl (C=O) groups is 1. The minimum Gasteiger partial charge on any atom is -0.497 e. The third-order valence-corrected chi connectivity index (χ3v) is 5.69. The summed E-state index contributed by atoms with van der Waals surface area (Å²) in [5.74, 6) is 1.45. The van der Waals surface area contributed by atoms with Crippen molar-refractivity contribution in [2.75, 3.05) is 19.4 Å². The number of methoxy groups -OCH3 is 1. The molecule has 0 radical (unpaired) electrons. The smallest absolute Gasteiger partial charge is 0.233 e. The van der Waals surface area contributed by atoms with Crippen LogP contribution in [0.1, 0.15) is 32.6 Å². The van der Waals surface area contributed by atoms with E-state index in [0.29, 0.717) is 11.8 Å². The fourth-order valence-electron chi connectivity index (χ4n) is 3.28. The zero-order chi connectivity index (χ0) is 18.4. The number of nitrogens with zero attached hydrogens (tertiary/aromatic N) is 3. The molecule has 1 aliphatic rings. The van der Waals surface area contributed by atoms with Crippen LogP contribution < -0.4 is 4.74 Å². The van der Waals surface area contributed by atoms with Gasteiger partial charge in [0.1, 0.15) is 10.8 Å². The summed E-state index contributed by atoms with van der Waals surface area (Å²) < 4.78 is 5.17. The highest BCUT2D eigenvalue weighted by Gasteiger charge is 2.25. The highest BCUT2D eigenvalue weighted by atomic mass is 32.2. The first-order valence-corrected chi connectivity index (χ1v) is 10.1. The molecule has 1 aromatic heterocycles. The number of piperidine rings is 1. The summed E-state index contributed by atoms with van der Waals surface area (Å²) in [4.78, 5) is 14.6. The van der Waals surface area contributed by atoms with Crippen LogP contribution >= 0.6 is 11.8 Å². The molecule has 26 heavy (non-hydrogen) atoms. The maximum atomic E-state index is 12.5. The van der Waals surface area contributed by atoms with Gasteiger partial charge in [-0.1, -0.05) is 18.7 Å². The minimum absolute atomic E-state index is 0.211. The summed E-state index contributed by atoms with van der Waals surface area (Å²) in [7, 11) is 1.65. The summed E-state index contributed by atoms with van der Waals surface area (Å²) >= 11 is 1.46. The van der Waals surface area contributed by atoms with E-state index in [1.54, 1.807) is 7.11 Å². The third-order valence-electron chi connectivity index (χ3n) is 4.79. The quantitative estimate of drug-likeness (QED) is 0.718. The summed E-state index contributed by atoms with van der Waals surface area (Å²) in [5, 5.41) is 9.33. The van der Waals surface area contributed by atoms with Crippen molar-refractivity contribution in [1.82, 2.24) is 15.1 Å². The van der Waals surface area contributed by atoms with Crippen LogP contribution in [0.4, 0.5) is 0 Å². The lowest BCUT2D eigenvalue weighted by Gasteiger charge is -2.35. The Labute approximate surface area is 159 Å². The number of amides is 1. The molecule has 2 aromatic rings. The van der Waals surface area contributed by atoms with Crippen molar-refractivity contribution in [1.29, 1.82) is 0 Å². The third kappa shape index (κ3) is 4.55. The Bertz CT molecular complexity index is 719. The van der Waals surface area contributed by atoms with Gasteiger partial charge < -0.3 is 9.64 Å². The number of rotatable bonds is 6. The number of hydrogen-bond donors (Lipinski definition) is 0. The number of ether oxygens (including phenoxy) is 1. The molecule has 0 aliphatic carbocycles. The average molecular weight is 372 g/mol. The van der Waals surface area contributed by atoms with E-state index in [4.69, 9.17) is 4.74 Å².